The van der Waals surface area contributed by atoms with Crippen molar-refractivity contribution in [2.75, 3.05) is 18.1 Å². The van der Waals surface area contributed by atoms with Crippen molar-refractivity contribution in [3.63, 3.8) is 0 Å². The highest BCUT2D eigenvalue weighted by Crippen LogP contribution is 2.31. The molecule has 1 saturated heterocycles. The van der Waals surface area contributed by atoms with Crippen LogP contribution in [0.15, 0.2) is 60.7 Å². The smallest absolute Gasteiger partial charge is 0.261 e. The first-order valence-electron chi connectivity index (χ1n) is 11.4. The molecule has 3 aromatic carbocycles. The lowest BCUT2D eigenvalue weighted by molar-refractivity contribution is -0.136. The Morgan fingerprint density at radius 2 is 1.80 bits per heavy atom. The maximum Gasteiger partial charge on any atom is 0.261 e. The molecule has 3 aromatic rings. The molecule has 1 aliphatic heterocycles. The zero-order valence-electron chi connectivity index (χ0n) is 19.6. The van der Waals surface area contributed by atoms with Gasteiger partial charge in [0.05, 0.1) is 11.5 Å². The highest BCUT2D eigenvalue weighted by atomic mass is 35.5. The number of hydrogen-bond acceptors (Lipinski definition) is 4. The average molecular weight is 532 g/mol. The highest BCUT2D eigenvalue weighted by Gasteiger charge is 2.35. The van der Waals surface area contributed by atoms with Crippen molar-refractivity contribution in [1.29, 1.82) is 0 Å². The number of benzene rings is 3. The summed E-state index contributed by atoms with van der Waals surface area (Å²) in [6.07, 6.45) is 0.427. The molecule has 35 heavy (non-hydrogen) atoms. The summed E-state index contributed by atoms with van der Waals surface area (Å²) in [5.41, 5.74) is 4.74. The van der Waals surface area contributed by atoms with E-state index in [1.807, 2.05) is 62.4 Å². The third kappa shape index (κ3) is 6.18. The summed E-state index contributed by atoms with van der Waals surface area (Å²) < 4.78 is 30.1. The van der Waals surface area contributed by atoms with Gasteiger partial charge in [0.1, 0.15) is 5.75 Å². The van der Waals surface area contributed by atoms with E-state index in [0.717, 1.165) is 27.8 Å². The number of ether oxygens (including phenoxy) is 1. The third-order valence-electron chi connectivity index (χ3n) is 6.42. The Labute approximate surface area is 216 Å². The summed E-state index contributed by atoms with van der Waals surface area (Å²) in [6.45, 7) is 4.08. The second-order valence-corrected chi connectivity index (χ2v) is 12.0. The predicted octanol–water partition coefficient (Wildman–Crippen LogP) is 5.87. The van der Waals surface area contributed by atoms with E-state index in [1.165, 1.54) is 0 Å². The summed E-state index contributed by atoms with van der Waals surface area (Å²) in [5, 5.41) is 1.13. The molecule has 1 aliphatic rings. The maximum absolute atomic E-state index is 13.3. The molecule has 0 spiro atoms. The molecule has 1 heterocycles. The maximum atomic E-state index is 13.3. The van der Waals surface area contributed by atoms with Crippen LogP contribution < -0.4 is 4.74 Å². The topological polar surface area (TPSA) is 63.7 Å². The van der Waals surface area contributed by atoms with Crippen LogP contribution in [0.25, 0.3) is 11.1 Å². The quantitative estimate of drug-likeness (QED) is 0.382. The number of aryl methyl sites for hydroxylation is 1. The fourth-order valence-electron chi connectivity index (χ4n) is 4.26. The van der Waals surface area contributed by atoms with Crippen molar-refractivity contribution in [3.8, 4) is 16.9 Å². The number of halogens is 2. The van der Waals surface area contributed by atoms with Crippen LogP contribution in [0.1, 0.15) is 23.1 Å². The van der Waals surface area contributed by atoms with E-state index in [9.17, 15) is 13.2 Å². The molecule has 184 valence electrons. The van der Waals surface area contributed by atoms with Gasteiger partial charge in [0, 0.05) is 28.2 Å². The molecule has 0 aromatic heterocycles. The minimum Gasteiger partial charge on any atom is -0.483 e. The van der Waals surface area contributed by atoms with Crippen molar-refractivity contribution in [3.05, 3.63) is 87.4 Å². The van der Waals surface area contributed by atoms with Crippen LogP contribution >= 0.6 is 23.2 Å². The first kappa shape index (κ1) is 25.5. The number of amides is 1. The van der Waals surface area contributed by atoms with Gasteiger partial charge in [-0.05, 0) is 60.7 Å². The van der Waals surface area contributed by atoms with Gasteiger partial charge in [-0.2, -0.15) is 0 Å². The minimum atomic E-state index is -3.16. The van der Waals surface area contributed by atoms with Gasteiger partial charge >= 0.3 is 0 Å². The van der Waals surface area contributed by atoms with Crippen LogP contribution in [0.2, 0.25) is 10.0 Å². The standard InChI is InChI=1S/C27H27Cl2NO4S/c1-18-4-3-5-26(19(18)2)34-16-27(31)30(23-12-13-35(32,33)17-23)15-20-6-8-21(9-7-20)24-11-10-22(28)14-25(24)29/h3-11,14,23H,12-13,15-17H2,1-2H3. The molecular formula is C27H27Cl2NO4S. The molecule has 0 aliphatic carbocycles. The number of hydrogen-bond donors (Lipinski definition) is 0. The Bertz CT molecular complexity index is 1340. The number of sulfone groups is 1. The number of nitrogens with zero attached hydrogens (tertiary/aromatic N) is 1. The van der Waals surface area contributed by atoms with Crippen LogP contribution in [0, 0.1) is 13.8 Å². The lowest BCUT2D eigenvalue weighted by Crippen LogP contribution is -2.43. The monoisotopic (exact) mass is 531 g/mol. The van der Waals surface area contributed by atoms with E-state index >= 15 is 0 Å². The number of rotatable bonds is 7. The summed E-state index contributed by atoms with van der Waals surface area (Å²) in [4.78, 5) is 14.9. The largest absolute Gasteiger partial charge is 0.483 e. The molecule has 1 atom stereocenters. The van der Waals surface area contributed by atoms with Gasteiger partial charge in [0.15, 0.2) is 16.4 Å². The lowest BCUT2D eigenvalue weighted by atomic mass is 10.0. The van der Waals surface area contributed by atoms with Crippen LogP contribution in [0.4, 0.5) is 0 Å². The van der Waals surface area contributed by atoms with Crippen molar-refractivity contribution >= 4 is 38.9 Å². The molecule has 1 fully saturated rings. The van der Waals surface area contributed by atoms with Crippen molar-refractivity contribution < 1.29 is 17.9 Å². The van der Waals surface area contributed by atoms with Crippen LogP contribution in [-0.2, 0) is 21.2 Å². The Hall–Kier alpha value is -2.54. The van der Waals surface area contributed by atoms with Crippen LogP contribution in [-0.4, -0.2) is 43.4 Å². The molecule has 1 unspecified atom stereocenters. The fourth-order valence-corrected chi connectivity index (χ4v) is 6.50. The Morgan fingerprint density at radius 3 is 2.46 bits per heavy atom. The number of carbonyl (C=O) groups excluding carboxylic acids is 1. The van der Waals surface area contributed by atoms with Gasteiger partial charge in [-0.25, -0.2) is 8.42 Å². The molecule has 0 N–H and O–H groups in total. The summed E-state index contributed by atoms with van der Waals surface area (Å²) in [5.74, 6) is 0.480. The van der Waals surface area contributed by atoms with Gasteiger partial charge in [-0.1, -0.05) is 65.7 Å². The van der Waals surface area contributed by atoms with E-state index in [1.54, 1.807) is 17.0 Å². The second kappa shape index (κ2) is 10.6. The van der Waals surface area contributed by atoms with Gasteiger partial charge in [0.25, 0.3) is 5.91 Å². The van der Waals surface area contributed by atoms with Crippen molar-refractivity contribution in [2.24, 2.45) is 0 Å². The van der Waals surface area contributed by atoms with E-state index in [-0.39, 0.29) is 30.1 Å². The highest BCUT2D eigenvalue weighted by molar-refractivity contribution is 7.91. The van der Waals surface area contributed by atoms with Crippen LogP contribution in [0.5, 0.6) is 5.75 Å². The second-order valence-electron chi connectivity index (χ2n) is 8.89. The molecule has 1 amide bonds. The van der Waals surface area contributed by atoms with Crippen LogP contribution in [0.3, 0.4) is 0 Å². The predicted molar refractivity (Wildman–Crippen MR) is 141 cm³/mol. The van der Waals surface area contributed by atoms with Gasteiger partial charge < -0.3 is 9.64 Å². The van der Waals surface area contributed by atoms with Crippen molar-refractivity contribution in [1.82, 2.24) is 4.90 Å². The third-order valence-corrected chi connectivity index (χ3v) is 8.72. The first-order chi connectivity index (χ1) is 16.6. The lowest BCUT2D eigenvalue weighted by Gasteiger charge is -2.28. The molecule has 0 radical (unpaired) electrons. The summed E-state index contributed by atoms with van der Waals surface area (Å²) in [7, 11) is -3.16. The Kier molecular flexibility index (Phi) is 7.74. The number of carbonyl (C=O) groups is 1. The molecule has 8 heteroatoms. The summed E-state index contributed by atoms with van der Waals surface area (Å²) in [6, 6.07) is 18.4. The zero-order chi connectivity index (χ0) is 25.2. The average Bonchev–Trinajstić information content (AvgIpc) is 3.18. The molecule has 0 bridgehead atoms. The molecular weight excluding hydrogens is 505 g/mol. The van der Waals surface area contributed by atoms with E-state index < -0.39 is 9.84 Å². The van der Waals surface area contributed by atoms with Gasteiger partial charge in [-0.3, -0.25) is 4.79 Å². The van der Waals surface area contributed by atoms with E-state index in [2.05, 4.69) is 0 Å². The van der Waals surface area contributed by atoms with Gasteiger partial charge in [-0.15, -0.1) is 0 Å². The first-order valence-corrected chi connectivity index (χ1v) is 13.9. The van der Waals surface area contributed by atoms with Gasteiger partial charge in [0.2, 0.25) is 0 Å². The fraction of sp³-hybridized carbons (Fsp3) is 0.296. The van der Waals surface area contributed by atoms with Crippen molar-refractivity contribution in [2.45, 2.75) is 32.9 Å². The molecule has 5 nitrogen and oxygen atoms in total. The minimum absolute atomic E-state index is 0.0271. The molecule has 0 saturated carbocycles. The normalized spacial score (nSPS) is 16.7. The van der Waals surface area contributed by atoms with E-state index in [0.29, 0.717) is 28.8 Å². The molecule has 4 rings (SSSR count). The summed E-state index contributed by atoms with van der Waals surface area (Å²) >= 11 is 12.3. The SMILES string of the molecule is Cc1cccc(OCC(=O)N(Cc2ccc(-c3ccc(Cl)cc3Cl)cc2)C2CCS(=O)(=O)C2)c1C. The Morgan fingerprint density at radius 1 is 1.06 bits per heavy atom. The zero-order valence-corrected chi connectivity index (χ0v) is 22.0. The Balaban J connectivity index is 1.52. The van der Waals surface area contributed by atoms with E-state index in [4.69, 9.17) is 27.9 Å².